The summed E-state index contributed by atoms with van der Waals surface area (Å²) in [4.78, 5) is 11.3. The Balaban J connectivity index is 2.65. The van der Waals surface area contributed by atoms with Crippen LogP contribution in [0.15, 0.2) is 30.3 Å². The van der Waals surface area contributed by atoms with Gasteiger partial charge in [-0.15, -0.1) is 0 Å². The molecule has 1 aromatic carbocycles. The Morgan fingerprint density at radius 3 is 2.27 bits per heavy atom. The van der Waals surface area contributed by atoms with E-state index >= 15 is 0 Å². The van der Waals surface area contributed by atoms with E-state index in [0.717, 1.165) is 5.19 Å². The summed E-state index contributed by atoms with van der Waals surface area (Å²) in [5.41, 5.74) is 0. The summed E-state index contributed by atoms with van der Waals surface area (Å²) in [6.45, 7) is 1.85. The molecule has 1 unspecified atom stereocenters. The summed E-state index contributed by atoms with van der Waals surface area (Å²) in [6, 6.07) is 9.43. The summed E-state index contributed by atoms with van der Waals surface area (Å²) in [7, 11) is -1.82. The van der Waals surface area contributed by atoms with Crippen molar-refractivity contribution in [1.29, 1.82) is 0 Å². The molecule has 2 nitrogen and oxygen atoms in total. The molecule has 0 amide bonds. The SMILES string of the molecule is C[SiH](OC(=O)C(Cl)(Cl)Cl)c1ccccc1. The highest BCUT2D eigenvalue weighted by Gasteiger charge is 2.33. The van der Waals surface area contributed by atoms with E-state index in [-0.39, 0.29) is 0 Å². The highest BCUT2D eigenvalue weighted by atomic mass is 35.6. The van der Waals surface area contributed by atoms with Crippen LogP contribution in [0.3, 0.4) is 0 Å². The minimum atomic E-state index is -1.99. The average Bonchev–Trinajstić information content (AvgIpc) is 2.17. The maximum Gasteiger partial charge on any atom is 0.345 e. The molecule has 0 bridgehead atoms. The molecule has 0 saturated heterocycles. The van der Waals surface area contributed by atoms with Crippen molar-refractivity contribution >= 4 is 55.0 Å². The van der Waals surface area contributed by atoms with E-state index in [1.54, 1.807) is 0 Å². The third-order valence-electron chi connectivity index (χ3n) is 1.78. The van der Waals surface area contributed by atoms with Gasteiger partial charge in [0.25, 0.3) is 12.8 Å². The number of rotatable bonds is 2. The Morgan fingerprint density at radius 1 is 1.27 bits per heavy atom. The monoisotopic (exact) mass is 282 g/mol. The van der Waals surface area contributed by atoms with E-state index in [0.29, 0.717) is 0 Å². The summed E-state index contributed by atoms with van der Waals surface area (Å²) in [6.07, 6.45) is 0. The van der Waals surface area contributed by atoms with Crippen molar-refractivity contribution in [3.8, 4) is 0 Å². The fourth-order valence-electron chi connectivity index (χ4n) is 1.02. The first kappa shape index (κ1) is 12.8. The zero-order chi connectivity index (χ0) is 11.5. The second-order valence-corrected chi connectivity index (χ2v) is 7.42. The molecule has 0 aliphatic heterocycles. The lowest BCUT2D eigenvalue weighted by Crippen LogP contribution is -2.36. The lowest BCUT2D eigenvalue weighted by molar-refractivity contribution is -0.133. The minimum Gasteiger partial charge on any atom is -0.515 e. The van der Waals surface area contributed by atoms with E-state index in [1.807, 2.05) is 36.9 Å². The second kappa shape index (κ2) is 5.21. The van der Waals surface area contributed by atoms with Gasteiger partial charge in [-0.05, 0) is 11.7 Å². The lowest BCUT2D eigenvalue weighted by Gasteiger charge is -2.16. The van der Waals surface area contributed by atoms with Gasteiger partial charge in [0, 0.05) is 0 Å². The molecule has 0 spiro atoms. The predicted octanol–water partition coefficient (Wildman–Crippen LogP) is 2.16. The molecule has 1 atom stereocenters. The van der Waals surface area contributed by atoms with Crippen LogP contribution in [0.25, 0.3) is 0 Å². The first-order valence-electron chi connectivity index (χ1n) is 4.24. The highest BCUT2D eigenvalue weighted by Crippen LogP contribution is 2.27. The van der Waals surface area contributed by atoms with Crippen LogP contribution in [0, 0.1) is 0 Å². The maximum atomic E-state index is 11.3. The third-order valence-corrected chi connectivity index (χ3v) is 4.14. The Hall–Kier alpha value is -0.223. The molecule has 0 N–H and O–H groups in total. The molecular weight excluding hydrogens is 275 g/mol. The molecule has 0 saturated carbocycles. The van der Waals surface area contributed by atoms with Gasteiger partial charge >= 0.3 is 5.97 Å². The lowest BCUT2D eigenvalue weighted by atomic mass is 10.4. The largest absolute Gasteiger partial charge is 0.515 e. The molecule has 82 valence electrons. The van der Waals surface area contributed by atoms with E-state index in [4.69, 9.17) is 39.2 Å². The van der Waals surface area contributed by atoms with E-state index in [2.05, 4.69) is 0 Å². The molecule has 0 radical (unpaired) electrons. The molecular formula is C9H9Cl3O2Si. The van der Waals surface area contributed by atoms with Crippen LogP contribution in [0.1, 0.15) is 0 Å². The van der Waals surface area contributed by atoms with Crippen LogP contribution in [0.4, 0.5) is 0 Å². The van der Waals surface area contributed by atoms with Crippen molar-refractivity contribution in [2.75, 3.05) is 0 Å². The topological polar surface area (TPSA) is 26.3 Å². The first-order valence-corrected chi connectivity index (χ1v) is 7.57. The highest BCUT2D eigenvalue weighted by molar-refractivity contribution is 6.77. The summed E-state index contributed by atoms with van der Waals surface area (Å²) < 4.78 is 3.11. The smallest absolute Gasteiger partial charge is 0.345 e. The number of halogens is 3. The number of carbonyl (C=O) groups is 1. The molecule has 6 heteroatoms. The molecule has 0 aliphatic rings. The van der Waals surface area contributed by atoms with E-state index < -0.39 is 18.8 Å². The second-order valence-electron chi connectivity index (χ2n) is 2.96. The molecule has 1 aromatic rings. The number of alkyl halides is 3. The fourth-order valence-corrected chi connectivity index (χ4v) is 2.78. The normalized spacial score (nSPS) is 13.3. The van der Waals surface area contributed by atoms with Crippen LogP contribution >= 0.6 is 34.8 Å². The number of carbonyl (C=O) groups excluding carboxylic acids is 1. The van der Waals surface area contributed by atoms with E-state index in [9.17, 15) is 4.79 Å². The molecule has 1 rings (SSSR count). The Morgan fingerprint density at radius 2 is 1.80 bits per heavy atom. The van der Waals surface area contributed by atoms with Gasteiger partial charge in [0.15, 0.2) is 0 Å². The maximum absolute atomic E-state index is 11.3. The zero-order valence-corrected chi connectivity index (χ0v) is 11.3. The summed E-state index contributed by atoms with van der Waals surface area (Å²) in [5, 5.41) is 0.986. The van der Waals surface area contributed by atoms with Gasteiger partial charge in [0.1, 0.15) is 0 Å². The third kappa shape index (κ3) is 4.03. The van der Waals surface area contributed by atoms with Gasteiger partial charge in [0.2, 0.25) is 0 Å². The molecule has 0 aromatic heterocycles. The van der Waals surface area contributed by atoms with Gasteiger partial charge < -0.3 is 4.43 Å². The molecule has 0 heterocycles. The molecule has 0 aliphatic carbocycles. The Bertz CT molecular complexity index is 337. The van der Waals surface area contributed by atoms with Crippen LogP contribution in [0.5, 0.6) is 0 Å². The Kier molecular flexibility index (Phi) is 4.46. The predicted molar refractivity (Wildman–Crippen MR) is 65.5 cm³/mol. The number of hydrogen-bond donors (Lipinski definition) is 0. The molecule has 0 fully saturated rings. The van der Waals surface area contributed by atoms with Crippen molar-refractivity contribution in [2.24, 2.45) is 0 Å². The minimum absolute atomic E-state index is 0.810. The van der Waals surface area contributed by atoms with Gasteiger partial charge in [-0.2, -0.15) is 0 Å². The summed E-state index contributed by atoms with van der Waals surface area (Å²) >= 11 is 16.2. The van der Waals surface area contributed by atoms with Gasteiger partial charge in [-0.3, -0.25) is 0 Å². The van der Waals surface area contributed by atoms with Gasteiger partial charge in [0.05, 0.1) is 0 Å². The van der Waals surface area contributed by atoms with Crippen molar-refractivity contribution in [1.82, 2.24) is 0 Å². The van der Waals surface area contributed by atoms with Crippen LogP contribution in [0.2, 0.25) is 6.55 Å². The fraction of sp³-hybridized carbons (Fsp3) is 0.222. The Labute approximate surface area is 105 Å². The number of benzene rings is 1. The van der Waals surface area contributed by atoms with Gasteiger partial charge in [-0.25, -0.2) is 4.79 Å². The van der Waals surface area contributed by atoms with Crippen molar-refractivity contribution in [3.05, 3.63) is 30.3 Å². The van der Waals surface area contributed by atoms with Crippen molar-refractivity contribution in [3.63, 3.8) is 0 Å². The summed E-state index contributed by atoms with van der Waals surface area (Å²) in [5.74, 6) is -0.810. The van der Waals surface area contributed by atoms with E-state index in [1.165, 1.54) is 0 Å². The van der Waals surface area contributed by atoms with Crippen LogP contribution in [-0.4, -0.2) is 18.8 Å². The zero-order valence-electron chi connectivity index (χ0n) is 7.91. The first-order chi connectivity index (χ1) is 6.91. The van der Waals surface area contributed by atoms with Crippen LogP contribution in [-0.2, 0) is 9.22 Å². The average molecular weight is 284 g/mol. The van der Waals surface area contributed by atoms with Crippen molar-refractivity contribution in [2.45, 2.75) is 10.3 Å². The van der Waals surface area contributed by atoms with Gasteiger partial charge in [-0.1, -0.05) is 65.1 Å². The molecule has 15 heavy (non-hydrogen) atoms. The number of hydrogen-bond acceptors (Lipinski definition) is 2. The standard InChI is InChI=1S/C9H9Cl3O2Si/c1-15(7-5-3-2-4-6-7)14-8(13)9(10,11)12/h2-6,15H,1H3. The van der Waals surface area contributed by atoms with Crippen LogP contribution < -0.4 is 5.19 Å². The quantitative estimate of drug-likeness (QED) is 0.614. The van der Waals surface area contributed by atoms with Crippen molar-refractivity contribution < 1.29 is 9.22 Å².